The summed E-state index contributed by atoms with van der Waals surface area (Å²) < 4.78 is 15.0. The predicted octanol–water partition coefficient (Wildman–Crippen LogP) is 2.39. The Morgan fingerprint density at radius 2 is 1.88 bits per heavy atom. The molecular formula is C24H30FN7O. The summed E-state index contributed by atoms with van der Waals surface area (Å²) in [5.74, 6) is -1.98. The molecule has 5 rings (SSSR count). The first-order chi connectivity index (χ1) is 15.8. The summed E-state index contributed by atoms with van der Waals surface area (Å²) in [4.78, 5) is 25.4. The number of amides is 1. The van der Waals surface area contributed by atoms with Crippen molar-refractivity contribution >= 4 is 29.0 Å². The molecule has 1 saturated heterocycles. The second kappa shape index (κ2) is 8.30. The first-order valence-electron chi connectivity index (χ1n) is 11.4. The maximum Gasteiger partial charge on any atom is 0.229 e. The van der Waals surface area contributed by atoms with Crippen LogP contribution in [0.3, 0.4) is 0 Å². The van der Waals surface area contributed by atoms with Crippen molar-refractivity contribution in [2.45, 2.75) is 19.3 Å². The third-order valence-corrected chi connectivity index (χ3v) is 7.30. The fraction of sp³-hybridized carbons (Fsp3) is 0.458. The Bertz CT molecular complexity index is 1110. The van der Waals surface area contributed by atoms with Crippen LogP contribution in [0.1, 0.15) is 23.6 Å². The molecule has 174 valence electrons. The molecule has 1 saturated carbocycles. The highest BCUT2D eigenvalue weighted by atomic mass is 19.1. The molecule has 1 aliphatic heterocycles. The van der Waals surface area contributed by atoms with Crippen LogP contribution < -0.4 is 21.7 Å². The molecule has 2 aromatic rings. The third kappa shape index (κ3) is 3.90. The number of carbonyl (C=O) groups excluding carboxylic acids is 1. The van der Waals surface area contributed by atoms with Crippen LogP contribution >= 0.6 is 0 Å². The van der Waals surface area contributed by atoms with E-state index in [1.807, 2.05) is 24.3 Å². The number of nitrogens with two attached hydrogens (primary N) is 2. The number of primary amides is 1. The van der Waals surface area contributed by atoms with Crippen LogP contribution in [-0.4, -0.2) is 54.0 Å². The monoisotopic (exact) mass is 451 g/mol. The number of fused-ring (bicyclic) bond motifs is 2. The first-order valence-corrected chi connectivity index (χ1v) is 11.4. The van der Waals surface area contributed by atoms with Crippen molar-refractivity contribution in [2.24, 2.45) is 23.5 Å². The number of hydrogen-bond acceptors (Lipinski definition) is 7. The minimum atomic E-state index is -0.667. The summed E-state index contributed by atoms with van der Waals surface area (Å²) in [7, 11) is 2.14. The number of halogens is 1. The highest BCUT2D eigenvalue weighted by Gasteiger charge is 2.50. The zero-order valence-corrected chi connectivity index (χ0v) is 19.0. The lowest BCUT2D eigenvalue weighted by Gasteiger charge is -2.35. The number of likely N-dealkylation sites (N-methyl/N-ethyl adjacent to an activating group) is 1. The normalized spacial score (nSPS) is 26.7. The summed E-state index contributed by atoms with van der Waals surface area (Å²) in [6, 6.07) is 6.08. The van der Waals surface area contributed by atoms with E-state index in [2.05, 4.69) is 45.1 Å². The number of aromatic nitrogens is 2. The number of rotatable bonds is 5. The van der Waals surface area contributed by atoms with Crippen molar-refractivity contribution in [3.05, 3.63) is 47.4 Å². The zero-order valence-electron chi connectivity index (χ0n) is 19.0. The SMILES string of the molecule is Cc1cc(Nc2nc(N)c(F)c(C3C4C=CC(C4)C3C(N)=O)n2)ccc1N1CCN(C)CC1. The summed E-state index contributed by atoms with van der Waals surface area (Å²) in [6.07, 6.45) is 4.81. The molecule has 4 atom stereocenters. The smallest absolute Gasteiger partial charge is 0.229 e. The number of hydrogen-bond donors (Lipinski definition) is 3. The van der Waals surface area contributed by atoms with E-state index in [1.54, 1.807) is 0 Å². The van der Waals surface area contributed by atoms with Gasteiger partial charge in [-0.2, -0.15) is 4.98 Å². The molecule has 1 aromatic carbocycles. The maximum absolute atomic E-state index is 15.0. The fourth-order valence-electron chi connectivity index (χ4n) is 5.61. The van der Waals surface area contributed by atoms with Crippen molar-refractivity contribution in [3.8, 4) is 0 Å². The number of aryl methyl sites for hydroxylation is 1. The Kier molecular flexibility index (Phi) is 5.44. The number of benzene rings is 1. The lowest BCUT2D eigenvalue weighted by Crippen LogP contribution is -2.44. The van der Waals surface area contributed by atoms with Gasteiger partial charge < -0.3 is 26.6 Å². The number of allylic oxidation sites excluding steroid dienone is 2. The molecule has 8 nitrogen and oxygen atoms in total. The van der Waals surface area contributed by atoms with Crippen LogP contribution in [0.4, 0.5) is 27.5 Å². The fourth-order valence-corrected chi connectivity index (χ4v) is 5.61. The van der Waals surface area contributed by atoms with Gasteiger partial charge >= 0.3 is 0 Å². The van der Waals surface area contributed by atoms with Crippen molar-refractivity contribution < 1.29 is 9.18 Å². The van der Waals surface area contributed by atoms with Gasteiger partial charge in [0.05, 0.1) is 11.6 Å². The van der Waals surface area contributed by atoms with Gasteiger partial charge in [-0.15, -0.1) is 0 Å². The summed E-state index contributed by atoms with van der Waals surface area (Å²) in [6.45, 7) is 6.13. The Morgan fingerprint density at radius 3 is 2.58 bits per heavy atom. The lowest BCUT2D eigenvalue weighted by atomic mass is 9.80. The molecule has 2 bridgehead atoms. The van der Waals surface area contributed by atoms with Gasteiger partial charge in [0.1, 0.15) is 0 Å². The highest BCUT2D eigenvalue weighted by Crippen LogP contribution is 2.53. The van der Waals surface area contributed by atoms with Gasteiger partial charge in [-0.25, -0.2) is 9.37 Å². The molecule has 5 N–H and O–H groups in total. The topological polar surface area (TPSA) is 113 Å². The second-order valence-electron chi connectivity index (χ2n) is 9.45. The molecule has 2 heterocycles. The standard InChI is InChI=1S/C24H30FN7O/c1-13-11-16(5-6-17(13)32-9-7-31(2)8-10-32)28-24-29-21(20(25)22(26)30-24)18-14-3-4-15(12-14)19(18)23(27)33/h3-6,11,14-15,18-19H,7-10,12H2,1-2H3,(H2,27,33)(H3,26,28,29,30). The Balaban J connectivity index is 1.41. The Labute approximate surface area is 192 Å². The summed E-state index contributed by atoms with van der Waals surface area (Å²) >= 11 is 0. The molecule has 2 aliphatic carbocycles. The Hall–Kier alpha value is -3.20. The van der Waals surface area contributed by atoms with E-state index in [0.29, 0.717) is 0 Å². The highest BCUT2D eigenvalue weighted by molar-refractivity contribution is 5.79. The van der Waals surface area contributed by atoms with Gasteiger partial charge in [-0.1, -0.05) is 12.2 Å². The summed E-state index contributed by atoms with van der Waals surface area (Å²) in [5.41, 5.74) is 14.9. The predicted molar refractivity (Wildman–Crippen MR) is 127 cm³/mol. The molecule has 1 amide bonds. The van der Waals surface area contributed by atoms with E-state index in [-0.39, 0.29) is 29.3 Å². The Morgan fingerprint density at radius 1 is 1.15 bits per heavy atom. The quantitative estimate of drug-likeness (QED) is 0.598. The van der Waals surface area contributed by atoms with Gasteiger partial charge in [0.15, 0.2) is 11.6 Å². The number of nitrogens with zero attached hydrogens (tertiary/aromatic N) is 4. The molecule has 3 aliphatic rings. The molecule has 0 radical (unpaired) electrons. The van der Waals surface area contributed by atoms with Crippen LogP contribution in [-0.2, 0) is 4.79 Å². The lowest BCUT2D eigenvalue weighted by molar-refractivity contribution is -0.123. The molecule has 4 unspecified atom stereocenters. The number of anilines is 4. The molecule has 2 fully saturated rings. The molecular weight excluding hydrogens is 421 g/mol. The van der Waals surface area contributed by atoms with Crippen LogP contribution in [0.2, 0.25) is 0 Å². The molecule has 33 heavy (non-hydrogen) atoms. The minimum Gasteiger partial charge on any atom is -0.381 e. The average molecular weight is 452 g/mol. The van der Waals surface area contributed by atoms with Crippen molar-refractivity contribution in [3.63, 3.8) is 0 Å². The van der Waals surface area contributed by atoms with Crippen LogP contribution in [0.15, 0.2) is 30.4 Å². The van der Waals surface area contributed by atoms with E-state index in [4.69, 9.17) is 11.5 Å². The number of piperazine rings is 1. The summed E-state index contributed by atoms with van der Waals surface area (Å²) in [5, 5.41) is 3.17. The van der Waals surface area contributed by atoms with Gasteiger partial charge in [0.2, 0.25) is 11.9 Å². The van der Waals surface area contributed by atoms with E-state index in [9.17, 15) is 4.79 Å². The van der Waals surface area contributed by atoms with E-state index in [0.717, 1.165) is 43.9 Å². The minimum absolute atomic E-state index is 0.0225. The number of carbonyl (C=O) groups is 1. The molecule has 0 spiro atoms. The van der Waals surface area contributed by atoms with Crippen molar-refractivity contribution in [1.82, 2.24) is 14.9 Å². The third-order valence-electron chi connectivity index (χ3n) is 7.30. The maximum atomic E-state index is 15.0. The van der Waals surface area contributed by atoms with E-state index < -0.39 is 23.6 Å². The van der Waals surface area contributed by atoms with Gasteiger partial charge in [-0.3, -0.25) is 4.79 Å². The van der Waals surface area contributed by atoms with Gasteiger partial charge in [0, 0.05) is 43.5 Å². The van der Waals surface area contributed by atoms with Crippen LogP contribution in [0.25, 0.3) is 0 Å². The van der Waals surface area contributed by atoms with Gasteiger partial charge in [0.25, 0.3) is 0 Å². The number of nitrogen functional groups attached to an aromatic ring is 1. The largest absolute Gasteiger partial charge is 0.381 e. The van der Waals surface area contributed by atoms with E-state index >= 15 is 4.39 Å². The average Bonchev–Trinajstić information content (AvgIpc) is 3.39. The van der Waals surface area contributed by atoms with Gasteiger partial charge in [-0.05, 0) is 56.0 Å². The number of nitrogens with one attached hydrogen (secondary N) is 1. The van der Waals surface area contributed by atoms with E-state index in [1.165, 1.54) is 5.69 Å². The molecule has 1 aromatic heterocycles. The molecule has 9 heteroatoms. The second-order valence-corrected chi connectivity index (χ2v) is 9.45. The van der Waals surface area contributed by atoms with Crippen molar-refractivity contribution in [2.75, 3.05) is 49.2 Å². The van der Waals surface area contributed by atoms with Crippen molar-refractivity contribution in [1.29, 1.82) is 0 Å². The first kappa shape index (κ1) is 21.6. The van der Waals surface area contributed by atoms with Crippen LogP contribution in [0, 0.1) is 30.5 Å². The zero-order chi connectivity index (χ0) is 23.3. The van der Waals surface area contributed by atoms with Crippen LogP contribution in [0.5, 0.6) is 0 Å².